The quantitative estimate of drug-likeness (QED) is 0.919. The largest absolute Gasteiger partial charge is 0.481 e. The van der Waals surface area contributed by atoms with E-state index in [0.717, 1.165) is 22.0 Å². The van der Waals surface area contributed by atoms with Crippen molar-refractivity contribution in [3.63, 3.8) is 0 Å². The van der Waals surface area contributed by atoms with E-state index in [-0.39, 0.29) is 6.04 Å². The molecule has 2 heterocycles. The molecule has 0 fully saturated rings. The number of hydrogen-bond acceptors (Lipinski definition) is 4. The Morgan fingerprint density at radius 3 is 2.80 bits per heavy atom. The van der Waals surface area contributed by atoms with E-state index in [1.165, 1.54) is 0 Å². The van der Waals surface area contributed by atoms with E-state index in [2.05, 4.69) is 15.4 Å². The molecule has 1 atom stereocenters. The van der Waals surface area contributed by atoms with E-state index in [9.17, 15) is 0 Å². The van der Waals surface area contributed by atoms with Gasteiger partial charge in [-0.15, -0.1) is 0 Å². The molecular weight excluding hydrogens is 276 g/mol. The lowest BCUT2D eigenvalue weighted by molar-refractivity contribution is 0.383. The van der Waals surface area contributed by atoms with Gasteiger partial charge in [0.2, 0.25) is 5.88 Å². The molecule has 2 rings (SSSR count). The second kappa shape index (κ2) is 6.24. The van der Waals surface area contributed by atoms with Crippen LogP contribution in [-0.2, 0) is 13.5 Å². The number of hydrogen-bond donors (Lipinski definition) is 1. The Labute approximate surface area is 123 Å². The number of likely N-dealkylation sites (N-methyl/N-ethyl adjacent to an activating group) is 1. The maximum Gasteiger partial charge on any atom is 0.217 e. The van der Waals surface area contributed by atoms with Gasteiger partial charge in [0, 0.05) is 31.3 Å². The highest BCUT2D eigenvalue weighted by Gasteiger charge is 2.20. The molecule has 0 amide bonds. The van der Waals surface area contributed by atoms with Crippen LogP contribution in [0.3, 0.4) is 0 Å². The van der Waals surface area contributed by atoms with Gasteiger partial charge >= 0.3 is 0 Å². The molecule has 0 aliphatic carbocycles. The molecule has 6 heteroatoms. The molecule has 5 nitrogen and oxygen atoms in total. The predicted octanol–water partition coefficient (Wildman–Crippen LogP) is 2.29. The van der Waals surface area contributed by atoms with Gasteiger partial charge in [-0.2, -0.15) is 5.10 Å². The van der Waals surface area contributed by atoms with Crippen molar-refractivity contribution in [2.75, 3.05) is 14.2 Å². The molecule has 2 aromatic rings. The van der Waals surface area contributed by atoms with Crippen LogP contribution in [0.2, 0.25) is 5.02 Å². The van der Waals surface area contributed by atoms with Crippen LogP contribution in [-0.4, -0.2) is 28.9 Å². The van der Waals surface area contributed by atoms with Gasteiger partial charge in [-0.05, 0) is 20.0 Å². The van der Waals surface area contributed by atoms with Gasteiger partial charge in [-0.3, -0.25) is 4.68 Å². The first kappa shape index (κ1) is 14.8. The van der Waals surface area contributed by atoms with Crippen LogP contribution >= 0.6 is 11.6 Å². The highest BCUT2D eigenvalue weighted by molar-refractivity contribution is 6.31. The summed E-state index contributed by atoms with van der Waals surface area (Å²) in [5, 5.41) is 8.35. The Balaban J connectivity index is 2.34. The van der Waals surface area contributed by atoms with Crippen molar-refractivity contribution in [3.8, 4) is 5.88 Å². The second-order valence-electron chi connectivity index (χ2n) is 4.62. The molecule has 0 saturated heterocycles. The summed E-state index contributed by atoms with van der Waals surface area (Å²) in [5.74, 6) is 0.627. The van der Waals surface area contributed by atoms with Gasteiger partial charge in [0.1, 0.15) is 0 Å². The molecule has 0 saturated carbocycles. The molecule has 1 N–H and O–H groups in total. The lowest BCUT2D eigenvalue weighted by Gasteiger charge is -2.18. The minimum absolute atomic E-state index is 0.0611. The van der Waals surface area contributed by atoms with Crippen LogP contribution in [0, 0.1) is 6.92 Å². The van der Waals surface area contributed by atoms with Crippen LogP contribution < -0.4 is 10.1 Å². The zero-order valence-electron chi connectivity index (χ0n) is 12.1. The van der Waals surface area contributed by atoms with Crippen LogP contribution in [0.25, 0.3) is 0 Å². The van der Waals surface area contributed by atoms with E-state index in [1.54, 1.807) is 13.3 Å². The predicted molar refractivity (Wildman–Crippen MR) is 79.2 cm³/mol. The smallest absolute Gasteiger partial charge is 0.217 e. The number of methoxy groups -OCH3 is 1. The van der Waals surface area contributed by atoms with Crippen molar-refractivity contribution in [2.24, 2.45) is 7.05 Å². The number of pyridine rings is 1. The molecule has 0 radical (unpaired) electrons. The number of ether oxygens (including phenoxy) is 1. The highest BCUT2D eigenvalue weighted by atomic mass is 35.5. The molecular formula is C14H19ClN4O. The van der Waals surface area contributed by atoms with Gasteiger partial charge in [0.15, 0.2) is 0 Å². The minimum atomic E-state index is 0.0611. The Morgan fingerprint density at radius 1 is 1.50 bits per heavy atom. The van der Waals surface area contributed by atoms with Crippen LogP contribution in [0.15, 0.2) is 18.3 Å². The summed E-state index contributed by atoms with van der Waals surface area (Å²) in [6.45, 7) is 1.91. The number of aryl methyl sites for hydroxylation is 2. The first-order chi connectivity index (χ1) is 9.58. The maximum absolute atomic E-state index is 6.32. The summed E-state index contributed by atoms with van der Waals surface area (Å²) < 4.78 is 7.15. The molecule has 0 aromatic carbocycles. The number of rotatable bonds is 5. The monoisotopic (exact) mass is 294 g/mol. The van der Waals surface area contributed by atoms with E-state index >= 15 is 0 Å². The summed E-state index contributed by atoms with van der Waals surface area (Å²) in [4.78, 5) is 4.24. The topological polar surface area (TPSA) is 52.0 Å². The lowest BCUT2D eigenvalue weighted by Crippen LogP contribution is -2.21. The molecule has 0 aliphatic heterocycles. The molecule has 0 aliphatic rings. The van der Waals surface area contributed by atoms with Crippen molar-refractivity contribution in [1.29, 1.82) is 0 Å². The SMILES string of the molecule is CNC(Cc1c(Cl)c(C)nn1C)c1cccnc1OC. The fourth-order valence-corrected chi connectivity index (χ4v) is 2.54. The average molecular weight is 295 g/mol. The molecule has 0 spiro atoms. The molecule has 2 aromatic heterocycles. The van der Waals surface area contributed by atoms with Gasteiger partial charge in [0.05, 0.1) is 23.5 Å². The van der Waals surface area contributed by atoms with E-state index in [0.29, 0.717) is 12.3 Å². The average Bonchev–Trinajstić information content (AvgIpc) is 2.70. The van der Waals surface area contributed by atoms with Gasteiger partial charge < -0.3 is 10.1 Å². The highest BCUT2D eigenvalue weighted by Crippen LogP contribution is 2.28. The number of nitrogens with one attached hydrogen (secondary N) is 1. The summed E-state index contributed by atoms with van der Waals surface area (Å²) >= 11 is 6.32. The van der Waals surface area contributed by atoms with E-state index < -0.39 is 0 Å². The third kappa shape index (κ3) is 2.78. The summed E-state index contributed by atoms with van der Waals surface area (Å²) in [7, 11) is 5.44. The number of aromatic nitrogens is 3. The van der Waals surface area contributed by atoms with Gasteiger partial charge in [-0.1, -0.05) is 17.7 Å². The minimum Gasteiger partial charge on any atom is -0.481 e. The third-order valence-corrected chi connectivity index (χ3v) is 3.87. The molecule has 20 heavy (non-hydrogen) atoms. The van der Waals surface area contributed by atoms with Crippen molar-refractivity contribution in [1.82, 2.24) is 20.1 Å². The van der Waals surface area contributed by atoms with Gasteiger partial charge in [-0.25, -0.2) is 4.98 Å². The normalized spacial score (nSPS) is 12.4. The zero-order chi connectivity index (χ0) is 14.7. The van der Waals surface area contributed by atoms with Crippen LogP contribution in [0.5, 0.6) is 5.88 Å². The molecule has 108 valence electrons. The second-order valence-corrected chi connectivity index (χ2v) is 4.99. The Bertz CT molecular complexity index is 597. The fraction of sp³-hybridized carbons (Fsp3) is 0.429. The van der Waals surface area contributed by atoms with Crippen LogP contribution in [0.4, 0.5) is 0 Å². The number of nitrogens with zero attached hydrogens (tertiary/aromatic N) is 3. The summed E-state index contributed by atoms with van der Waals surface area (Å²) in [6.07, 6.45) is 2.44. The standard InChI is InChI=1S/C14H19ClN4O/c1-9-13(15)12(19(3)18-9)8-11(16-2)10-6-5-7-17-14(10)20-4/h5-7,11,16H,8H2,1-4H3. The van der Waals surface area contributed by atoms with Gasteiger partial charge in [0.25, 0.3) is 0 Å². The first-order valence-corrected chi connectivity index (χ1v) is 6.80. The third-order valence-electron chi connectivity index (χ3n) is 3.38. The van der Waals surface area contributed by atoms with Crippen molar-refractivity contribution in [3.05, 3.63) is 40.3 Å². The fourth-order valence-electron chi connectivity index (χ4n) is 2.30. The zero-order valence-corrected chi connectivity index (χ0v) is 12.9. The molecule has 1 unspecified atom stereocenters. The van der Waals surface area contributed by atoms with E-state index in [4.69, 9.17) is 16.3 Å². The summed E-state index contributed by atoms with van der Waals surface area (Å²) in [6, 6.07) is 3.97. The summed E-state index contributed by atoms with van der Waals surface area (Å²) in [5.41, 5.74) is 2.85. The first-order valence-electron chi connectivity index (χ1n) is 6.42. The van der Waals surface area contributed by atoms with Crippen molar-refractivity contribution >= 4 is 11.6 Å². The Hall–Kier alpha value is -1.59. The maximum atomic E-state index is 6.32. The van der Waals surface area contributed by atoms with Crippen LogP contribution in [0.1, 0.15) is 23.0 Å². The number of halogens is 1. The van der Waals surface area contributed by atoms with Crippen molar-refractivity contribution in [2.45, 2.75) is 19.4 Å². The van der Waals surface area contributed by atoms with E-state index in [1.807, 2.05) is 37.8 Å². The Kier molecular flexibility index (Phi) is 4.62. The Morgan fingerprint density at radius 2 is 2.25 bits per heavy atom. The molecule has 0 bridgehead atoms. The lowest BCUT2D eigenvalue weighted by atomic mass is 10.0. The van der Waals surface area contributed by atoms with Crippen molar-refractivity contribution < 1.29 is 4.74 Å².